The first kappa shape index (κ1) is 14.2. The number of nitrogens with zero attached hydrogens (tertiary/aromatic N) is 3. The van der Waals surface area contributed by atoms with E-state index in [2.05, 4.69) is 34.1 Å². The predicted molar refractivity (Wildman–Crippen MR) is 82.3 cm³/mol. The molecule has 0 saturated carbocycles. The molecule has 2 amide bonds. The molecule has 3 rings (SSSR count). The van der Waals surface area contributed by atoms with Gasteiger partial charge in [-0.25, -0.2) is 9.78 Å². The van der Waals surface area contributed by atoms with Gasteiger partial charge >= 0.3 is 6.03 Å². The minimum absolute atomic E-state index is 0.0582. The van der Waals surface area contributed by atoms with E-state index in [4.69, 9.17) is 0 Å². The molecule has 114 valence electrons. The molecule has 0 aromatic carbocycles. The Hall–Kier alpha value is -1.78. The lowest BCUT2D eigenvalue weighted by atomic mass is 9.99. The number of hydrogen-bond acceptors (Lipinski definition) is 2. The maximum Gasteiger partial charge on any atom is 0.317 e. The molecule has 0 aliphatic carbocycles. The number of carbonyl (C=O) groups excluding carboxylic acids is 1. The number of imidazole rings is 1. The monoisotopic (exact) mass is 288 g/mol. The molecule has 3 heterocycles. The van der Waals surface area contributed by atoms with Gasteiger partial charge in [0.2, 0.25) is 0 Å². The van der Waals surface area contributed by atoms with Crippen LogP contribution in [0.5, 0.6) is 0 Å². The number of urea groups is 1. The third-order valence-electron chi connectivity index (χ3n) is 4.36. The number of hydrogen-bond donors (Lipinski definition) is 1. The molecule has 2 aliphatic heterocycles. The molecular formula is C16H24N4O. The summed E-state index contributed by atoms with van der Waals surface area (Å²) < 4.78 is 2.24. The number of carbonyl (C=O) groups is 1. The molecular weight excluding hydrogens is 264 g/mol. The topological polar surface area (TPSA) is 50.2 Å². The average Bonchev–Trinajstić information content (AvgIpc) is 2.85. The summed E-state index contributed by atoms with van der Waals surface area (Å²) in [6, 6.07) is 0.0582. The van der Waals surface area contributed by atoms with E-state index < -0.39 is 0 Å². The molecule has 1 atom stereocenters. The van der Waals surface area contributed by atoms with E-state index >= 15 is 0 Å². The van der Waals surface area contributed by atoms with Gasteiger partial charge in [0.25, 0.3) is 0 Å². The molecule has 0 spiro atoms. The van der Waals surface area contributed by atoms with Gasteiger partial charge in [0, 0.05) is 38.3 Å². The first-order valence-electron chi connectivity index (χ1n) is 7.85. The van der Waals surface area contributed by atoms with Crippen molar-refractivity contribution in [1.82, 2.24) is 19.8 Å². The van der Waals surface area contributed by atoms with Crippen molar-refractivity contribution < 1.29 is 4.79 Å². The second kappa shape index (κ2) is 5.92. The number of rotatable bonds is 2. The summed E-state index contributed by atoms with van der Waals surface area (Å²) in [6.45, 7) is 7.43. The first-order valence-corrected chi connectivity index (χ1v) is 7.85. The minimum atomic E-state index is 0.0582. The van der Waals surface area contributed by atoms with E-state index in [0.717, 1.165) is 50.4 Å². The van der Waals surface area contributed by atoms with Crippen LogP contribution < -0.4 is 5.32 Å². The maximum absolute atomic E-state index is 12.3. The Morgan fingerprint density at radius 2 is 2.29 bits per heavy atom. The predicted octanol–water partition coefficient (Wildman–Crippen LogP) is 2.43. The van der Waals surface area contributed by atoms with Crippen molar-refractivity contribution in [3.8, 4) is 0 Å². The van der Waals surface area contributed by atoms with E-state index in [1.54, 1.807) is 0 Å². The van der Waals surface area contributed by atoms with Crippen LogP contribution in [0.15, 0.2) is 17.8 Å². The summed E-state index contributed by atoms with van der Waals surface area (Å²) in [5.74, 6) is 1.48. The molecule has 21 heavy (non-hydrogen) atoms. The van der Waals surface area contributed by atoms with Gasteiger partial charge in [0.05, 0.1) is 5.69 Å². The number of amides is 2. The zero-order valence-electron chi connectivity index (χ0n) is 12.9. The second-order valence-electron chi connectivity index (χ2n) is 6.22. The van der Waals surface area contributed by atoms with Crippen LogP contribution in [0.25, 0.3) is 0 Å². The van der Waals surface area contributed by atoms with Crippen molar-refractivity contribution in [2.24, 2.45) is 0 Å². The maximum atomic E-state index is 12.3. The van der Waals surface area contributed by atoms with Crippen molar-refractivity contribution in [2.45, 2.75) is 45.6 Å². The van der Waals surface area contributed by atoms with Crippen LogP contribution in [0.4, 0.5) is 4.79 Å². The SMILES string of the molecule is CC1=CCCN(C(=O)NC[C@H]2CCCn3cc(C)nc32)C1. The lowest BCUT2D eigenvalue weighted by Crippen LogP contribution is -2.44. The average molecular weight is 288 g/mol. The Balaban J connectivity index is 1.58. The highest BCUT2D eigenvalue weighted by Gasteiger charge is 2.24. The van der Waals surface area contributed by atoms with Gasteiger partial charge in [0.1, 0.15) is 5.82 Å². The Labute approximate surface area is 126 Å². The summed E-state index contributed by atoms with van der Waals surface area (Å²) in [5.41, 5.74) is 2.35. The normalized spacial score (nSPS) is 21.7. The van der Waals surface area contributed by atoms with Gasteiger partial charge in [-0.15, -0.1) is 0 Å². The van der Waals surface area contributed by atoms with Gasteiger partial charge < -0.3 is 14.8 Å². The fourth-order valence-corrected chi connectivity index (χ4v) is 3.31. The van der Waals surface area contributed by atoms with E-state index in [-0.39, 0.29) is 6.03 Å². The quantitative estimate of drug-likeness (QED) is 0.850. The highest BCUT2D eigenvalue weighted by molar-refractivity contribution is 5.74. The van der Waals surface area contributed by atoms with Gasteiger partial charge in [-0.3, -0.25) is 0 Å². The summed E-state index contributed by atoms with van der Waals surface area (Å²) in [5, 5.41) is 3.10. The molecule has 1 N–H and O–H groups in total. The number of aryl methyl sites for hydroxylation is 2. The van der Waals surface area contributed by atoms with Crippen molar-refractivity contribution >= 4 is 6.03 Å². The molecule has 1 aromatic heterocycles. The molecule has 0 fully saturated rings. The minimum Gasteiger partial charge on any atom is -0.337 e. The van der Waals surface area contributed by atoms with E-state index in [1.807, 2.05) is 11.8 Å². The van der Waals surface area contributed by atoms with Gasteiger partial charge in [0.15, 0.2) is 0 Å². The van der Waals surface area contributed by atoms with Crippen LogP contribution in [0.3, 0.4) is 0 Å². The third kappa shape index (κ3) is 3.12. The lowest BCUT2D eigenvalue weighted by Gasteiger charge is -2.28. The molecule has 0 radical (unpaired) electrons. The lowest BCUT2D eigenvalue weighted by molar-refractivity contribution is 0.199. The number of nitrogens with one attached hydrogen (secondary N) is 1. The summed E-state index contributed by atoms with van der Waals surface area (Å²) in [4.78, 5) is 18.8. The van der Waals surface area contributed by atoms with Crippen molar-refractivity contribution in [2.75, 3.05) is 19.6 Å². The standard InChI is InChI=1S/C16H24N4O/c1-12-5-3-8-20(10-12)16(21)17-9-14-6-4-7-19-11-13(2)18-15(14)19/h5,11,14H,3-4,6-10H2,1-2H3,(H,17,21)/t14-/m1/s1. The molecule has 5 heteroatoms. The Kier molecular flexibility index (Phi) is 3.99. The smallest absolute Gasteiger partial charge is 0.317 e. The van der Waals surface area contributed by atoms with Gasteiger partial charge in [-0.1, -0.05) is 11.6 Å². The Bertz CT molecular complexity index is 561. The van der Waals surface area contributed by atoms with Crippen molar-refractivity contribution in [3.63, 3.8) is 0 Å². The summed E-state index contributed by atoms with van der Waals surface area (Å²) in [6.07, 6.45) is 7.56. The van der Waals surface area contributed by atoms with Crippen LogP contribution in [0.2, 0.25) is 0 Å². The van der Waals surface area contributed by atoms with Crippen LogP contribution in [0, 0.1) is 6.92 Å². The largest absolute Gasteiger partial charge is 0.337 e. The molecule has 0 bridgehead atoms. The van der Waals surface area contributed by atoms with Crippen LogP contribution in [-0.4, -0.2) is 40.1 Å². The van der Waals surface area contributed by atoms with E-state index in [1.165, 1.54) is 5.57 Å². The van der Waals surface area contributed by atoms with Crippen molar-refractivity contribution in [1.29, 1.82) is 0 Å². The first-order chi connectivity index (χ1) is 10.1. The number of aromatic nitrogens is 2. The van der Waals surface area contributed by atoms with Crippen LogP contribution >= 0.6 is 0 Å². The van der Waals surface area contributed by atoms with Crippen LogP contribution in [-0.2, 0) is 6.54 Å². The van der Waals surface area contributed by atoms with Crippen LogP contribution in [0.1, 0.15) is 43.6 Å². The summed E-state index contributed by atoms with van der Waals surface area (Å²) in [7, 11) is 0. The molecule has 5 nitrogen and oxygen atoms in total. The van der Waals surface area contributed by atoms with E-state index in [0.29, 0.717) is 12.5 Å². The fourth-order valence-electron chi connectivity index (χ4n) is 3.31. The Morgan fingerprint density at radius 3 is 3.10 bits per heavy atom. The highest BCUT2D eigenvalue weighted by atomic mass is 16.2. The molecule has 0 unspecified atom stereocenters. The zero-order chi connectivity index (χ0) is 14.8. The van der Waals surface area contributed by atoms with E-state index in [9.17, 15) is 4.79 Å². The molecule has 2 aliphatic rings. The summed E-state index contributed by atoms with van der Waals surface area (Å²) >= 11 is 0. The van der Waals surface area contributed by atoms with Gasteiger partial charge in [-0.05, 0) is 33.1 Å². The highest BCUT2D eigenvalue weighted by Crippen LogP contribution is 2.26. The molecule has 0 saturated heterocycles. The zero-order valence-corrected chi connectivity index (χ0v) is 12.9. The number of fused-ring (bicyclic) bond motifs is 1. The second-order valence-corrected chi connectivity index (χ2v) is 6.22. The molecule has 1 aromatic rings. The Morgan fingerprint density at radius 1 is 1.43 bits per heavy atom. The fraction of sp³-hybridized carbons (Fsp3) is 0.625. The van der Waals surface area contributed by atoms with Crippen molar-refractivity contribution in [3.05, 3.63) is 29.4 Å². The van der Waals surface area contributed by atoms with Gasteiger partial charge in [-0.2, -0.15) is 0 Å². The third-order valence-corrected chi connectivity index (χ3v) is 4.36.